The predicted octanol–water partition coefficient (Wildman–Crippen LogP) is 4.56. The Morgan fingerprint density at radius 2 is 1.66 bits per heavy atom. The summed E-state index contributed by atoms with van der Waals surface area (Å²) < 4.78 is 39.8. The van der Waals surface area contributed by atoms with Crippen molar-refractivity contribution in [3.63, 3.8) is 0 Å². The second-order valence-electron chi connectivity index (χ2n) is 11.4. The number of rotatable bonds is 6. The minimum atomic E-state index is -0.819. The molecule has 2 aliphatic heterocycles. The lowest BCUT2D eigenvalue weighted by atomic mass is 10.00. The molecule has 0 unspecified atom stereocenters. The van der Waals surface area contributed by atoms with Crippen molar-refractivity contribution >= 4 is 17.8 Å². The molecule has 2 aromatic carbocycles. The normalized spacial score (nSPS) is 16.9. The maximum atomic E-state index is 14.0. The fraction of sp³-hybridized carbons (Fsp3) is 0.414. The lowest BCUT2D eigenvalue weighted by Gasteiger charge is -2.47. The molecular formula is C29H34F2N6O4. The van der Waals surface area contributed by atoms with Crippen LogP contribution in [0, 0.1) is 11.6 Å². The fourth-order valence-electron chi connectivity index (χ4n) is 5.19. The van der Waals surface area contributed by atoms with Crippen molar-refractivity contribution < 1.29 is 27.8 Å². The van der Waals surface area contributed by atoms with Gasteiger partial charge >= 0.3 is 6.09 Å². The van der Waals surface area contributed by atoms with E-state index >= 15 is 0 Å². The predicted molar refractivity (Wildman–Crippen MR) is 148 cm³/mol. The van der Waals surface area contributed by atoms with Gasteiger partial charge in [-0.25, -0.2) is 18.3 Å². The molecule has 2 aliphatic rings. The SMILES string of the molecule is CC(C)(C)OC(=O)N1CC(N2CCC(n3nc(-c4ccc(Oc5ccc(F)cc5F)cc4)c(C(N)=O)c3N)CC2)C1. The maximum absolute atomic E-state index is 14.0. The third-order valence-electron chi connectivity index (χ3n) is 7.32. The van der Waals surface area contributed by atoms with Gasteiger partial charge < -0.3 is 25.8 Å². The van der Waals surface area contributed by atoms with E-state index in [1.807, 2.05) is 20.8 Å². The smallest absolute Gasteiger partial charge is 0.410 e. The van der Waals surface area contributed by atoms with E-state index in [0.29, 0.717) is 30.1 Å². The first-order chi connectivity index (χ1) is 19.4. The Balaban J connectivity index is 1.24. The number of primary amides is 1. The highest BCUT2D eigenvalue weighted by molar-refractivity contribution is 6.03. The molecule has 218 valence electrons. The number of halogens is 2. The van der Waals surface area contributed by atoms with Gasteiger partial charge in [-0.2, -0.15) is 5.10 Å². The van der Waals surface area contributed by atoms with Gasteiger partial charge in [0.2, 0.25) is 0 Å². The molecule has 0 bridgehead atoms. The van der Waals surface area contributed by atoms with Gasteiger partial charge in [0, 0.05) is 43.9 Å². The van der Waals surface area contributed by atoms with Crippen LogP contribution in [-0.4, -0.2) is 69.4 Å². The van der Waals surface area contributed by atoms with Crippen LogP contribution in [0.2, 0.25) is 0 Å². The monoisotopic (exact) mass is 568 g/mol. The van der Waals surface area contributed by atoms with Crippen LogP contribution in [0.5, 0.6) is 11.5 Å². The molecule has 3 aromatic rings. The van der Waals surface area contributed by atoms with Crippen LogP contribution in [-0.2, 0) is 4.74 Å². The summed E-state index contributed by atoms with van der Waals surface area (Å²) >= 11 is 0. The molecule has 2 saturated heterocycles. The molecule has 0 spiro atoms. The van der Waals surface area contributed by atoms with Gasteiger partial charge in [-0.1, -0.05) is 0 Å². The van der Waals surface area contributed by atoms with E-state index in [2.05, 4.69) is 4.90 Å². The van der Waals surface area contributed by atoms with E-state index in [1.165, 1.54) is 6.07 Å². The van der Waals surface area contributed by atoms with Crippen LogP contribution in [0.25, 0.3) is 11.3 Å². The van der Waals surface area contributed by atoms with E-state index < -0.39 is 23.1 Å². The van der Waals surface area contributed by atoms with Crippen molar-refractivity contribution in [3.8, 4) is 22.8 Å². The molecule has 2 fully saturated rings. The number of carbonyl (C=O) groups is 2. The average molecular weight is 569 g/mol. The minimum absolute atomic E-state index is 0.0239. The number of carbonyl (C=O) groups excluding carboxylic acids is 2. The molecule has 4 N–H and O–H groups in total. The maximum Gasteiger partial charge on any atom is 0.410 e. The second-order valence-corrected chi connectivity index (χ2v) is 11.4. The number of benzene rings is 2. The zero-order chi connectivity index (χ0) is 29.5. The number of nitrogens with zero attached hydrogens (tertiary/aromatic N) is 4. The number of nitrogen functional groups attached to an aromatic ring is 1. The highest BCUT2D eigenvalue weighted by atomic mass is 19.1. The number of aromatic nitrogens is 2. The van der Waals surface area contributed by atoms with E-state index in [9.17, 15) is 18.4 Å². The molecule has 0 atom stereocenters. The first-order valence-corrected chi connectivity index (χ1v) is 13.5. The Hall–Kier alpha value is -4.19. The van der Waals surface area contributed by atoms with Crippen LogP contribution >= 0.6 is 0 Å². The number of amides is 2. The summed E-state index contributed by atoms with van der Waals surface area (Å²) in [5, 5.41) is 4.70. The lowest BCUT2D eigenvalue weighted by molar-refractivity contribution is -0.0213. The first-order valence-electron chi connectivity index (χ1n) is 13.5. The summed E-state index contributed by atoms with van der Waals surface area (Å²) in [5.74, 6) is -1.79. The molecule has 0 radical (unpaired) electrons. The topological polar surface area (TPSA) is 129 Å². The number of piperidine rings is 1. The molecule has 3 heterocycles. The number of anilines is 1. The first kappa shape index (κ1) is 28.3. The molecule has 10 nitrogen and oxygen atoms in total. The quantitative estimate of drug-likeness (QED) is 0.446. The fourth-order valence-corrected chi connectivity index (χ4v) is 5.19. The van der Waals surface area contributed by atoms with Gasteiger partial charge in [0.05, 0.1) is 6.04 Å². The van der Waals surface area contributed by atoms with Crippen molar-refractivity contribution in [2.45, 2.75) is 51.3 Å². The molecule has 2 amide bonds. The summed E-state index contributed by atoms with van der Waals surface area (Å²) in [7, 11) is 0. The summed E-state index contributed by atoms with van der Waals surface area (Å²) in [6.45, 7) is 8.41. The Morgan fingerprint density at radius 3 is 2.24 bits per heavy atom. The van der Waals surface area contributed by atoms with Crippen molar-refractivity contribution in [1.29, 1.82) is 0 Å². The Morgan fingerprint density at radius 1 is 1.00 bits per heavy atom. The van der Waals surface area contributed by atoms with Gasteiger partial charge in [-0.05, 0) is 70.0 Å². The second kappa shape index (κ2) is 11.0. The van der Waals surface area contributed by atoms with Crippen molar-refractivity contribution in [2.24, 2.45) is 5.73 Å². The summed E-state index contributed by atoms with van der Waals surface area (Å²) in [6, 6.07) is 9.84. The van der Waals surface area contributed by atoms with Gasteiger partial charge in [-0.3, -0.25) is 9.69 Å². The zero-order valence-corrected chi connectivity index (χ0v) is 23.3. The summed E-state index contributed by atoms with van der Waals surface area (Å²) in [4.78, 5) is 28.7. The van der Waals surface area contributed by atoms with Crippen molar-refractivity contribution in [2.75, 3.05) is 31.9 Å². The van der Waals surface area contributed by atoms with Crippen LogP contribution in [0.3, 0.4) is 0 Å². The average Bonchev–Trinajstić information content (AvgIpc) is 3.22. The number of hydrogen-bond donors (Lipinski definition) is 2. The minimum Gasteiger partial charge on any atom is -0.454 e. The van der Waals surface area contributed by atoms with Crippen LogP contribution in [0.15, 0.2) is 42.5 Å². The largest absolute Gasteiger partial charge is 0.454 e. The van der Waals surface area contributed by atoms with E-state index in [0.717, 1.165) is 38.1 Å². The Bertz CT molecular complexity index is 1440. The highest BCUT2D eigenvalue weighted by Crippen LogP contribution is 2.35. The highest BCUT2D eigenvalue weighted by Gasteiger charge is 2.39. The van der Waals surface area contributed by atoms with Gasteiger partial charge in [0.25, 0.3) is 5.91 Å². The third-order valence-corrected chi connectivity index (χ3v) is 7.32. The molecule has 41 heavy (non-hydrogen) atoms. The zero-order valence-electron chi connectivity index (χ0n) is 23.3. The Labute approximate surface area is 236 Å². The molecule has 1 aromatic heterocycles. The van der Waals surface area contributed by atoms with E-state index in [1.54, 1.807) is 33.8 Å². The third kappa shape index (κ3) is 6.12. The van der Waals surface area contributed by atoms with Crippen LogP contribution in [0.1, 0.15) is 50.0 Å². The van der Waals surface area contributed by atoms with Crippen molar-refractivity contribution in [3.05, 3.63) is 59.7 Å². The van der Waals surface area contributed by atoms with Crippen LogP contribution < -0.4 is 16.2 Å². The van der Waals surface area contributed by atoms with E-state index in [4.69, 9.17) is 26.0 Å². The Kier molecular flexibility index (Phi) is 7.60. The molecule has 0 aliphatic carbocycles. The number of ether oxygens (including phenoxy) is 2. The van der Waals surface area contributed by atoms with Gasteiger partial charge in [-0.15, -0.1) is 0 Å². The summed E-state index contributed by atoms with van der Waals surface area (Å²) in [5.41, 5.74) is 12.7. The number of nitrogens with two attached hydrogens (primary N) is 2. The lowest BCUT2D eigenvalue weighted by Crippen LogP contribution is -2.62. The van der Waals surface area contributed by atoms with Gasteiger partial charge in [0.1, 0.15) is 34.2 Å². The van der Waals surface area contributed by atoms with Crippen LogP contribution in [0.4, 0.5) is 19.4 Å². The van der Waals surface area contributed by atoms with Gasteiger partial charge in [0.15, 0.2) is 11.6 Å². The number of likely N-dealkylation sites (tertiary alicyclic amines) is 2. The van der Waals surface area contributed by atoms with Crippen molar-refractivity contribution in [1.82, 2.24) is 19.6 Å². The van der Waals surface area contributed by atoms with E-state index in [-0.39, 0.29) is 35.3 Å². The molecule has 5 rings (SSSR count). The molecule has 0 saturated carbocycles. The molecular weight excluding hydrogens is 534 g/mol. The number of hydrogen-bond acceptors (Lipinski definition) is 7. The standard InChI is InChI=1S/C29H34F2N6O4/c1-29(2,3)41-28(39)36-15-20(16-36)35-12-10-19(11-13-35)37-26(32)24(27(33)38)25(34-37)17-4-7-21(8-5-17)40-23-9-6-18(30)14-22(23)31/h4-9,14,19-20H,10-13,15-16,32H2,1-3H3,(H2,33,38). The summed E-state index contributed by atoms with van der Waals surface area (Å²) in [6.07, 6.45) is 1.24. The molecule has 12 heteroatoms.